The number of carboxylic acids is 1. The van der Waals surface area contributed by atoms with E-state index in [1.165, 1.54) is 0 Å². The molecule has 0 fully saturated rings. The van der Waals surface area contributed by atoms with E-state index in [-0.39, 0.29) is 22.8 Å². The van der Waals surface area contributed by atoms with E-state index >= 15 is 0 Å². The van der Waals surface area contributed by atoms with Gasteiger partial charge < -0.3 is 9.52 Å². The first-order valence-electron chi connectivity index (χ1n) is 4.46. The molecule has 1 aromatic rings. The summed E-state index contributed by atoms with van der Waals surface area (Å²) in [5.41, 5.74) is 0.271. The van der Waals surface area contributed by atoms with E-state index in [9.17, 15) is 9.59 Å². The van der Waals surface area contributed by atoms with Crippen molar-refractivity contribution in [2.45, 2.75) is 19.8 Å². The lowest BCUT2D eigenvalue weighted by molar-refractivity contribution is 0.0690. The molecule has 1 unspecified atom stereocenters. The molecule has 0 aliphatic heterocycles. The van der Waals surface area contributed by atoms with Crippen LogP contribution >= 0.6 is 0 Å². The Bertz CT molecular complexity index is 402. The maximum atomic E-state index is 11.6. The molecule has 1 aliphatic carbocycles. The number of aromatic carboxylic acids is 1. The average Bonchev–Trinajstić information content (AvgIpc) is 2.47. The minimum absolute atomic E-state index is 0.00287. The van der Waals surface area contributed by atoms with E-state index in [2.05, 4.69) is 0 Å². The number of fused-ring (bicyclic) bond motifs is 1. The second-order valence-corrected chi connectivity index (χ2v) is 3.69. The predicted octanol–water partition coefficient (Wildman–Crippen LogP) is 1.74. The van der Waals surface area contributed by atoms with E-state index in [4.69, 9.17) is 9.52 Å². The zero-order valence-corrected chi connectivity index (χ0v) is 7.74. The second kappa shape index (κ2) is 2.97. The highest BCUT2D eigenvalue weighted by molar-refractivity contribution is 6.07. The van der Waals surface area contributed by atoms with E-state index in [1.807, 2.05) is 6.92 Å². The van der Waals surface area contributed by atoms with Crippen LogP contribution in [0.3, 0.4) is 0 Å². The highest BCUT2D eigenvalue weighted by Gasteiger charge is 2.30. The molecule has 0 radical (unpaired) electrons. The molecule has 1 aliphatic rings. The summed E-state index contributed by atoms with van der Waals surface area (Å²) in [6.45, 7) is 1.95. The minimum Gasteiger partial charge on any atom is -0.478 e. The third-order valence-electron chi connectivity index (χ3n) is 2.44. The van der Waals surface area contributed by atoms with Gasteiger partial charge in [-0.3, -0.25) is 4.79 Å². The predicted molar refractivity (Wildman–Crippen MR) is 47.5 cm³/mol. The fraction of sp³-hybridized carbons (Fsp3) is 0.400. The largest absolute Gasteiger partial charge is 0.478 e. The van der Waals surface area contributed by atoms with Gasteiger partial charge in [-0.2, -0.15) is 0 Å². The number of furan rings is 1. The van der Waals surface area contributed by atoms with Crippen molar-refractivity contribution >= 4 is 11.8 Å². The summed E-state index contributed by atoms with van der Waals surface area (Å²) in [6, 6.07) is 0. The number of Topliss-reactive ketones (excluding diaryl/α,β-unsaturated/α-hetero) is 1. The summed E-state index contributed by atoms with van der Waals surface area (Å²) < 4.78 is 5.09. The topological polar surface area (TPSA) is 67.5 Å². The van der Waals surface area contributed by atoms with Gasteiger partial charge in [0.25, 0.3) is 0 Å². The highest BCUT2D eigenvalue weighted by Crippen LogP contribution is 2.29. The maximum Gasteiger partial charge on any atom is 0.339 e. The minimum atomic E-state index is -1.10. The van der Waals surface area contributed by atoms with Gasteiger partial charge in [-0.05, 0) is 5.92 Å². The average molecular weight is 194 g/mol. The lowest BCUT2D eigenvalue weighted by Crippen LogP contribution is -2.18. The van der Waals surface area contributed by atoms with Gasteiger partial charge in [0.1, 0.15) is 17.6 Å². The SMILES string of the molecule is CC1CC(=O)c2c(C(=O)O)coc2C1. The number of rotatable bonds is 1. The Balaban J connectivity index is 2.52. The summed E-state index contributed by atoms with van der Waals surface area (Å²) >= 11 is 0. The van der Waals surface area contributed by atoms with Crippen LogP contribution in [0.4, 0.5) is 0 Å². The van der Waals surface area contributed by atoms with Crippen LogP contribution in [0, 0.1) is 5.92 Å². The van der Waals surface area contributed by atoms with Crippen LogP contribution in [0.1, 0.15) is 39.8 Å². The van der Waals surface area contributed by atoms with E-state index < -0.39 is 5.97 Å². The van der Waals surface area contributed by atoms with Crippen molar-refractivity contribution in [3.63, 3.8) is 0 Å². The number of ketones is 1. The summed E-state index contributed by atoms with van der Waals surface area (Å²) in [5, 5.41) is 8.80. The smallest absolute Gasteiger partial charge is 0.339 e. The van der Waals surface area contributed by atoms with Crippen LogP contribution in [0.5, 0.6) is 0 Å². The van der Waals surface area contributed by atoms with Crippen LogP contribution in [-0.2, 0) is 6.42 Å². The molecule has 74 valence electrons. The Morgan fingerprint density at radius 3 is 2.93 bits per heavy atom. The van der Waals surface area contributed by atoms with Crippen molar-refractivity contribution in [3.05, 3.63) is 23.2 Å². The maximum absolute atomic E-state index is 11.6. The Kier molecular flexibility index (Phi) is 1.91. The van der Waals surface area contributed by atoms with Crippen LogP contribution in [0.2, 0.25) is 0 Å². The van der Waals surface area contributed by atoms with E-state index in [1.54, 1.807) is 0 Å². The molecule has 0 aromatic carbocycles. The molecule has 4 heteroatoms. The molecule has 0 amide bonds. The summed E-state index contributed by atoms with van der Waals surface area (Å²) in [6.07, 6.45) is 2.21. The van der Waals surface area contributed by atoms with Gasteiger partial charge >= 0.3 is 5.97 Å². The van der Waals surface area contributed by atoms with E-state index in [0.717, 1.165) is 6.26 Å². The quantitative estimate of drug-likeness (QED) is 0.739. The van der Waals surface area contributed by atoms with Crippen LogP contribution in [0.25, 0.3) is 0 Å². The van der Waals surface area contributed by atoms with Gasteiger partial charge in [-0.1, -0.05) is 6.92 Å². The fourth-order valence-electron chi connectivity index (χ4n) is 1.82. The van der Waals surface area contributed by atoms with Crippen molar-refractivity contribution in [1.82, 2.24) is 0 Å². The van der Waals surface area contributed by atoms with Gasteiger partial charge in [-0.25, -0.2) is 4.79 Å². The van der Waals surface area contributed by atoms with Crippen molar-refractivity contribution in [2.24, 2.45) is 5.92 Å². The molecule has 0 bridgehead atoms. The Hall–Kier alpha value is -1.58. The lowest BCUT2D eigenvalue weighted by Gasteiger charge is -2.15. The summed E-state index contributed by atoms with van der Waals surface area (Å²) in [5.74, 6) is -0.461. The molecule has 4 nitrogen and oxygen atoms in total. The van der Waals surface area contributed by atoms with Gasteiger partial charge in [0, 0.05) is 12.8 Å². The molecule has 14 heavy (non-hydrogen) atoms. The molecule has 1 N–H and O–H groups in total. The van der Waals surface area contributed by atoms with E-state index in [0.29, 0.717) is 18.6 Å². The molecule has 1 atom stereocenters. The molecular weight excluding hydrogens is 184 g/mol. The standard InChI is InChI=1S/C10H10O4/c1-5-2-7(11)9-6(10(12)13)4-14-8(9)3-5/h4-5H,2-3H2,1H3,(H,12,13). The van der Waals surface area contributed by atoms with Gasteiger partial charge in [0.2, 0.25) is 0 Å². The first-order valence-corrected chi connectivity index (χ1v) is 4.46. The van der Waals surface area contributed by atoms with Crippen molar-refractivity contribution < 1.29 is 19.1 Å². The van der Waals surface area contributed by atoms with Gasteiger partial charge in [0.05, 0.1) is 5.56 Å². The molecule has 2 rings (SSSR count). The van der Waals surface area contributed by atoms with Crippen molar-refractivity contribution in [1.29, 1.82) is 0 Å². The number of hydrogen-bond donors (Lipinski definition) is 1. The Morgan fingerprint density at radius 1 is 1.57 bits per heavy atom. The van der Waals surface area contributed by atoms with Gasteiger partial charge in [0.15, 0.2) is 5.78 Å². The molecular formula is C10H10O4. The third kappa shape index (κ3) is 1.23. The number of carboxylic acid groups (broad SMARTS) is 1. The Labute approximate surface area is 80.5 Å². The number of carbonyl (C=O) groups is 2. The lowest BCUT2D eigenvalue weighted by atomic mass is 9.87. The normalized spacial score (nSPS) is 20.6. The van der Waals surface area contributed by atoms with Crippen LogP contribution < -0.4 is 0 Å². The van der Waals surface area contributed by atoms with Gasteiger partial charge in [-0.15, -0.1) is 0 Å². The van der Waals surface area contributed by atoms with Crippen LogP contribution in [0.15, 0.2) is 10.7 Å². The summed E-state index contributed by atoms with van der Waals surface area (Å²) in [7, 11) is 0. The summed E-state index contributed by atoms with van der Waals surface area (Å²) in [4.78, 5) is 22.3. The molecule has 0 saturated carbocycles. The Morgan fingerprint density at radius 2 is 2.29 bits per heavy atom. The monoisotopic (exact) mass is 194 g/mol. The number of hydrogen-bond acceptors (Lipinski definition) is 3. The first kappa shape index (κ1) is 8.99. The molecule has 0 saturated heterocycles. The van der Waals surface area contributed by atoms with Crippen molar-refractivity contribution in [3.8, 4) is 0 Å². The zero-order chi connectivity index (χ0) is 10.3. The molecule has 1 aromatic heterocycles. The first-order chi connectivity index (χ1) is 6.59. The number of carbonyl (C=O) groups excluding carboxylic acids is 1. The highest BCUT2D eigenvalue weighted by atomic mass is 16.4. The zero-order valence-electron chi connectivity index (χ0n) is 7.74. The second-order valence-electron chi connectivity index (χ2n) is 3.69. The molecule has 1 heterocycles. The van der Waals surface area contributed by atoms with Crippen LogP contribution in [-0.4, -0.2) is 16.9 Å². The fourth-order valence-corrected chi connectivity index (χ4v) is 1.82. The van der Waals surface area contributed by atoms with Crippen molar-refractivity contribution in [2.75, 3.05) is 0 Å². The molecule has 0 spiro atoms. The third-order valence-corrected chi connectivity index (χ3v) is 2.44.